The summed E-state index contributed by atoms with van der Waals surface area (Å²) in [6, 6.07) is 15.7. The lowest BCUT2D eigenvalue weighted by molar-refractivity contribution is -0.145. The molecule has 0 atom stereocenters. The number of unbranched alkanes of at least 4 members (excludes halogenated alkanes) is 3. The number of esters is 1. The number of hydrogen-bond donors (Lipinski definition) is 2. The molecule has 0 aliphatic rings. The molecular formula is C21H29NO5S. The molecule has 28 heavy (non-hydrogen) atoms. The summed E-state index contributed by atoms with van der Waals surface area (Å²) < 4.78 is 34.7. The van der Waals surface area contributed by atoms with Crippen molar-refractivity contribution in [1.29, 1.82) is 0 Å². The Labute approximate surface area is 167 Å². The Morgan fingerprint density at radius 1 is 0.964 bits per heavy atom. The van der Waals surface area contributed by atoms with Crippen LogP contribution in [0.1, 0.15) is 43.2 Å². The third-order valence-corrected chi connectivity index (χ3v) is 4.76. The van der Waals surface area contributed by atoms with Crippen LogP contribution in [0.25, 0.3) is 0 Å². The third-order valence-electron chi connectivity index (χ3n) is 3.90. The molecule has 0 aliphatic carbocycles. The van der Waals surface area contributed by atoms with Crippen molar-refractivity contribution in [2.75, 3.05) is 6.54 Å². The zero-order valence-electron chi connectivity index (χ0n) is 16.2. The molecule has 0 aromatic heterocycles. The van der Waals surface area contributed by atoms with Crippen LogP contribution in [0, 0.1) is 6.92 Å². The van der Waals surface area contributed by atoms with Crippen LogP contribution in [0.5, 0.6) is 0 Å². The molecule has 2 rings (SSSR count). The van der Waals surface area contributed by atoms with Gasteiger partial charge in [-0.05, 0) is 44.0 Å². The fraction of sp³-hybridized carbons (Fsp3) is 0.381. The van der Waals surface area contributed by atoms with E-state index in [4.69, 9.17) is 15.0 Å². The molecule has 0 amide bonds. The summed E-state index contributed by atoms with van der Waals surface area (Å²) in [6.45, 7) is 2.95. The molecule has 0 saturated carbocycles. The fourth-order valence-electron chi connectivity index (χ4n) is 2.29. The SMILES string of the molecule is Cc1ccc(S(=O)(=O)O)cc1.NCCCCCCC(=O)OCc1ccccc1. The van der Waals surface area contributed by atoms with Crippen molar-refractivity contribution in [2.24, 2.45) is 5.73 Å². The van der Waals surface area contributed by atoms with E-state index in [-0.39, 0.29) is 10.9 Å². The maximum atomic E-state index is 11.4. The van der Waals surface area contributed by atoms with E-state index in [1.807, 2.05) is 37.3 Å². The van der Waals surface area contributed by atoms with E-state index in [9.17, 15) is 13.2 Å². The van der Waals surface area contributed by atoms with Gasteiger partial charge in [-0.1, -0.05) is 60.9 Å². The van der Waals surface area contributed by atoms with Gasteiger partial charge in [-0.2, -0.15) is 8.42 Å². The van der Waals surface area contributed by atoms with Crippen LogP contribution in [0.3, 0.4) is 0 Å². The molecule has 0 fully saturated rings. The highest BCUT2D eigenvalue weighted by molar-refractivity contribution is 7.85. The summed E-state index contributed by atoms with van der Waals surface area (Å²) in [5.74, 6) is -0.110. The van der Waals surface area contributed by atoms with Gasteiger partial charge >= 0.3 is 5.97 Å². The zero-order chi connectivity index (χ0) is 20.8. The quantitative estimate of drug-likeness (QED) is 0.371. The third kappa shape index (κ3) is 10.8. The van der Waals surface area contributed by atoms with Gasteiger partial charge in [-0.3, -0.25) is 9.35 Å². The highest BCUT2D eigenvalue weighted by Crippen LogP contribution is 2.08. The predicted molar refractivity (Wildman–Crippen MR) is 109 cm³/mol. The van der Waals surface area contributed by atoms with Gasteiger partial charge in [-0.15, -0.1) is 0 Å². The summed E-state index contributed by atoms with van der Waals surface area (Å²) in [5, 5.41) is 0. The number of hydrogen-bond acceptors (Lipinski definition) is 5. The summed E-state index contributed by atoms with van der Waals surface area (Å²) in [5.41, 5.74) is 7.38. The minimum absolute atomic E-state index is 0.0666. The Kier molecular flexibility index (Phi) is 11.1. The molecule has 0 heterocycles. The minimum atomic E-state index is -4.02. The first-order chi connectivity index (χ1) is 13.3. The Morgan fingerprint density at radius 3 is 2.14 bits per heavy atom. The molecule has 0 spiro atoms. The van der Waals surface area contributed by atoms with Gasteiger partial charge in [0.15, 0.2) is 0 Å². The van der Waals surface area contributed by atoms with Crippen LogP contribution in [0.15, 0.2) is 59.5 Å². The Morgan fingerprint density at radius 2 is 1.57 bits per heavy atom. The Hall–Kier alpha value is -2.22. The fourth-order valence-corrected chi connectivity index (χ4v) is 2.77. The second-order valence-corrected chi connectivity index (χ2v) is 7.81. The molecule has 0 unspecified atom stereocenters. The topological polar surface area (TPSA) is 107 Å². The van der Waals surface area contributed by atoms with Crippen LogP contribution in [-0.2, 0) is 26.3 Å². The lowest BCUT2D eigenvalue weighted by Crippen LogP contribution is -2.04. The van der Waals surface area contributed by atoms with Crippen molar-refractivity contribution in [3.63, 3.8) is 0 Å². The van der Waals surface area contributed by atoms with Gasteiger partial charge < -0.3 is 10.5 Å². The average molecular weight is 408 g/mol. The van der Waals surface area contributed by atoms with E-state index in [2.05, 4.69) is 0 Å². The van der Waals surface area contributed by atoms with Gasteiger partial charge in [0.1, 0.15) is 6.61 Å². The summed E-state index contributed by atoms with van der Waals surface area (Å²) in [4.78, 5) is 11.3. The highest BCUT2D eigenvalue weighted by Gasteiger charge is 2.06. The lowest BCUT2D eigenvalue weighted by Gasteiger charge is -2.04. The summed E-state index contributed by atoms with van der Waals surface area (Å²) in [6.07, 6.45) is 4.60. The largest absolute Gasteiger partial charge is 0.461 e. The molecule has 2 aromatic carbocycles. The Bertz CT molecular complexity index is 789. The normalized spacial score (nSPS) is 10.7. The van der Waals surface area contributed by atoms with E-state index in [0.29, 0.717) is 13.0 Å². The average Bonchev–Trinajstić information content (AvgIpc) is 2.67. The smallest absolute Gasteiger partial charge is 0.306 e. The molecule has 6 nitrogen and oxygen atoms in total. The van der Waals surface area contributed by atoms with Crippen molar-refractivity contribution >= 4 is 16.1 Å². The van der Waals surface area contributed by atoms with Crippen LogP contribution >= 0.6 is 0 Å². The molecule has 2 aromatic rings. The summed E-state index contributed by atoms with van der Waals surface area (Å²) in [7, 11) is -4.02. The van der Waals surface area contributed by atoms with E-state index in [1.54, 1.807) is 12.1 Å². The molecule has 0 saturated heterocycles. The second-order valence-electron chi connectivity index (χ2n) is 6.39. The second kappa shape index (κ2) is 13.0. The number of rotatable bonds is 9. The van der Waals surface area contributed by atoms with E-state index < -0.39 is 10.1 Å². The molecule has 154 valence electrons. The number of aryl methyl sites for hydroxylation is 1. The molecule has 3 N–H and O–H groups in total. The number of carbonyl (C=O) groups excluding carboxylic acids is 1. The monoisotopic (exact) mass is 407 g/mol. The number of nitrogens with two attached hydrogens (primary N) is 1. The van der Waals surface area contributed by atoms with Crippen molar-refractivity contribution < 1.29 is 22.5 Å². The van der Waals surface area contributed by atoms with Gasteiger partial charge in [0, 0.05) is 6.42 Å². The Balaban J connectivity index is 0.000000307. The van der Waals surface area contributed by atoms with Crippen molar-refractivity contribution in [3.8, 4) is 0 Å². The maximum absolute atomic E-state index is 11.4. The molecular weight excluding hydrogens is 378 g/mol. The first kappa shape index (κ1) is 23.8. The van der Waals surface area contributed by atoms with E-state index in [0.717, 1.165) is 43.4 Å². The van der Waals surface area contributed by atoms with Gasteiger partial charge in [-0.25, -0.2) is 0 Å². The highest BCUT2D eigenvalue weighted by atomic mass is 32.2. The predicted octanol–water partition coefficient (Wildman–Crippen LogP) is 3.88. The molecule has 0 radical (unpaired) electrons. The van der Waals surface area contributed by atoms with Gasteiger partial charge in [0.2, 0.25) is 0 Å². The lowest BCUT2D eigenvalue weighted by atomic mass is 10.1. The molecule has 0 aliphatic heterocycles. The van der Waals surface area contributed by atoms with Crippen LogP contribution in [0.2, 0.25) is 0 Å². The molecule has 7 heteroatoms. The van der Waals surface area contributed by atoms with Crippen LogP contribution in [-0.4, -0.2) is 25.5 Å². The zero-order valence-corrected chi connectivity index (χ0v) is 17.0. The van der Waals surface area contributed by atoms with Gasteiger partial charge in [0.25, 0.3) is 10.1 Å². The first-order valence-corrected chi connectivity index (χ1v) is 10.7. The molecule has 0 bridgehead atoms. The van der Waals surface area contributed by atoms with Crippen LogP contribution < -0.4 is 5.73 Å². The van der Waals surface area contributed by atoms with E-state index in [1.165, 1.54) is 12.1 Å². The number of benzene rings is 2. The van der Waals surface area contributed by atoms with E-state index >= 15 is 0 Å². The minimum Gasteiger partial charge on any atom is -0.461 e. The number of carbonyl (C=O) groups is 1. The standard InChI is InChI=1S/C14H21NO2.C7H8O3S/c15-11-7-2-1-6-10-14(16)17-12-13-8-4-3-5-9-13;1-6-2-4-7(5-3-6)11(8,9)10/h3-5,8-9H,1-2,6-7,10-12,15H2;2-5H,1H3,(H,8,9,10). The number of ether oxygens (including phenoxy) is 1. The first-order valence-electron chi connectivity index (χ1n) is 9.26. The van der Waals surface area contributed by atoms with Crippen LogP contribution in [0.4, 0.5) is 0 Å². The van der Waals surface area contributed by atoms with Crippen molar-refractivity contribution in [2.45, 2.75) is 50.5 Å². The summed E-state index contributed by atoms with van der Waals surface area (Å²) >= 11 is 0. The maximum Gasteiger partial charge on any atom is 0.306 e. The van der Waals surface area contributed by atoms with Crippen molar-refractivity contribution in [3.05, 3.63) is 65.7 Å². The van der Waals surface area contributed by atoms with Gasteiger partial charge in [0.05, 0.1) is 4.90 Å². The van der Waals surface area contributed by atoms with Crippen molar-refractivity contribution in [1.82, 2.24) is 0 Å².